The third-order valence-electron chi connectivity index (χ3n) is 3.09. The lowest BCUT2D eigenvalue weighted by Gasteiger charge is -2.15. The summed E-state index contributed by atoms with van der Waals surface area (Å²) in [5.41, 5.74) is 8.32. The van der Waals surface area contributed by atoms with Crippen molar-refractivity contribution >= 4 is 11.6 Å². The zero-order valence-electron chi connectivity index (χ0n) is 10.8. The minimum Gasteiger partial charge on any atom is -0.497 e. The molecule has 0 radical (unpaired) electrons. The van der Waals surface area contributed by atoms with E-state index in [0.717, 1.165) is 11.3 Å². The van der Waals surface area contributed by atoms with Crippen molar-refractivity contribution in [2.45, 2.75) is 13.0 Å². The van der Waals surface area contributed by atoms with Crippen LogP contribution >= 0.6 is 11.6 Å². The second kappa shape index (κ2) is 5.59. The fraction of sp³-hybridized carbons (Fsp3) is 0.200. The molecule has 0 aromatic heterocycles. The first-order chi connectivity index (χ1) is 9.02. The van der Waals surface area contributed by atoms with Crippen molar-refractivity contribution in [2.75, 3.05) is 7.11 Å². The monoisotopic (exact) mass is 279 g/mol. The average molecular weight is 280 g/mol. The second-order valence-electron chi connectivity index (χ2n) is 4.37. The van der Waals surface area contributed by atoms with Gasteiger partial charge in [-0.3, -0.25) is 0 Å². The van der Waals surface area contributed by atoms with Gasteiger partial charge in [0.25, 0.3) is 0 Å². The summed E-state index contributed by atoms with van der Waals surface area (Å²) in [6, 6.07) is 10.0. The molecule has 0 heterocycles. The molecule has 1 atom stereocenters. The van der Waals surface area contributed by atoms with Crippen molar-refractivity contribution in [2.24, 2.45) is 5.73 Å². The highest BCUT2D eigenvalue weighted by Crippen LogP contribution is 2.29. The van der Waals surface area contributed by atoms with Gasteiger partial charge in [0.15, 0.2) is 0 Å². The Morgan fingerprint density at radius 1 is 1.21 bits per heavy atom. The Labute approximate surface area is 117 Å². The van der Waals surface area contributed by atoms with Crippen molar-refractivity contribution in [1.82, 2.24) is 0 Å². The van der Waals surface area contributed by atoms with Crippen LogP contribution in [0.3, 0.4) is 0 Å². The number of hydrogen-bond donors (Lipinski definition) is 1. The molecule has 100 valence electrons. The number of benzene rings is 2. The summed E-state index contributed by atoms with van der Waals surface area (Å²) in [5.74, 6) is 0.438. The van der Waals surface area contributed by atoms with Crippen LogP contribution in [-0.4, -0.2) is 7.11 Å². The zero-order chi connectivity index (χ0) is 14.0. The van der Waals surface area contributed by atoms with Gasteiger partial charge < -0.3 is 10.5 Å². The molecule has 0 aliphatic rings. The normalized spacial score (nSPS) is 12.3. The molecule has 2 aromatic rings. The molecule has 1 unspecified atom stereocenters. The molecule has 0 spiro atoms. The highest BCUT2D eigenvalue weighted by atomic mass is 35.5. The van der Waals surface area contributed by atoms with E-state index in [1.165, 1.54) is 6.07 Å². The smallest absolute Gasteiger partial charge is 0.127 e. The molecule has 0 fully saturated rings. The van der Waals surface area contributed by atoms with E-state index in [-0.39, 0.29) is 5.82 Å². The molecule has 4 heteroatoms. The molecule has 2 N–H and O–H groups in total. The first-order valence-corrected chi connectivity index (χ1v) is 6.26. The fourth-order valence-corrected chi connectivity index (χ4v) is 2.18. The van der Waals surface area contributed by atoms with Gasteiger partial charge in [0.05, 0.1) is 13.2 Å². The predicted octanol–water partition coefficient (Wildman–Crippen LogP) is 3.84. The van der Waals surface area contributed by atoms with E-state index >= 15 is 0 Å². The Balaban J connectivity index is 2.37. The Morgan fingerprint density at radius 3 is 2.42 bits per heavy atom. The van der Waals surface area contributed by atoms with E-state index in [0.29, 0.717) is 16.1 Å². The number of halogens is 2. The van der Waals surface area contributed by atoms with E-state index in [1.807, 2.05) is 24.3 Å². The topological polar surface area (TPSA) is 35.2 Å². The molecule has 0 bridgehead atoms. The average Bonchev–Trinajstić information content (AvgIpc) is 2.42. The molecule has 0 aliphatic heterocycles. The van der Waals surface area contributed by atoms with Crippen LogP contribution < -0.4 is 10.5 Å². The molecule has 2 nitrogen and oxygen atoms in total. The minimum absolute atomic E-state index is 0.323. The minimum atomic E-state index is -0.391. The first kappa shape index (κ1) is 13.8. The quantitative estimate of drug-likeness (QED) is 0.926. The lowest BCUT2D eigenvalue weighted by Crippen LogP contribution is -2.13. The van der Waals surface area contributed by atoms with Gasteiger partial charge in [0, 0.05) is 5.02 Å². The van der Waals surface area contributed by atoms with Crippen molar-refractivity contribution in [3.8, 4) is 5.75 Å². The number of nitrogens with two attached hydrogens (primary N) is 1. The van der Waals surface area contributed by atoms with Crippen LogP contribution in [0.4, 0.5) is 4.39 Å². The Hall–Kier alpha value is -1.58. The third-order valence-corrected chi connectivity index (χ3v) is 3.42. The molecule has 19 heavy (non-hydrogen) atoms. The highest BCUT2D eigenvalue weighted by Gasteiger charge is 2.14. The van der Waals surface area contributed by atoms with Gasteiger partial charge in [-0.05, 0) is 47.9 Å². The zero-order valence-corrected chi connectivity index (χ0v) is 11.5. The summed E-state index contributed by atoms with van der Waals surface area (Å²) in [5, 5.41) is 0.339. The summed E-state index contributed by atoms with van der Waals surface area (Å²) >= 11 is 6.06. The highest BCUT2D eigenvalue weighted by molar-refractivity contribution is 6.31. The van der Waals surface area contributed by atoms with Crippen LogP contribution in [-0.2, 0) is 0 Å². The van der Waals surface area contributed by atoms with Crippen LogP contribution in [0.2, 0.25) is 5.02 Å². The van der Waals surface area contributed by atoms with Gasteiger partial charge in [-0.15, -0.1) is 0 Å². The number of rotatable bonds is 3. The number of hydrogen-bond acceptors (Lipinski definition) is 2. The number of aryl methyl sites for hydroxylation is 1. The van der Waals surface area contributed by atoms with E-state index in [2.05, 4.69) is 0 Å². The van der Waals surface area contributed by atoms with Crippen LogP contribution in [0.5, 0.6) is 5.75 Å². The Morgan fingerprint density at radius 2 is 1.84 bits per heavy atom. The molecule has 0 aliphatic carbocycles. The predicted molar refractivity (Wildman–Crippen MR) is 75.2 cm³/mol. The van der Waals surface area contributed by atoms with Crippen LogP contribution in [0.1, 0.15) is 22.7 Å². The van der Waals surface area contributed by atoms with E-state index in [9.17, 15) is 4.39 Å². The van der Waals surface area contributed by atoms with Crippen molar-refractivity contribution in [1.29, 1.82) is 0 Å². The maximum absolute atomic E-state index is 13.4. The fourth-order valence-electron chi connectivity index (χ4n) is 1.91. The van der Waals surface area contributed by atoms with Gasteiger partial charge in [0.2, 0.25) is 0 Å². The molecular formula is C15H15ClFNO. The summed E-state index contributed by atoms with van der Waals surface area (Å²) < 4.78 is 18.5. The van der Waals surface area contributed by atoms with Crippen LogP contribution in [0, 0.1) is 12.7 Å². The van der Waals surface area contributed by atoms with Crippen molar-refractivity contribution in [3.63, 3.8) is 0 Å². The maximum Gasteiger partial charge on any atom is 0.127 e. The molecule has 0 saturated carbocycles. The number of ether oxygens (including phenoxy) is 1. The first-order valence-electron chi connectivity index (χ1n) is 5.88. The lowest BCUT2D eigenvalue weighted by atomic mass is 9.98. The Kier molecular flexibility index (Phi) is 4.08. The van der Waals surface area contributed by atoms with Gasteiger partial charge >= 0.3 is 0 Å². The van der Waals surface area contributed by atoms with Crippen molar-refractivity contribution < 1.29 is 9.13 Å². The van der Waals surface area contributed by atoms with Gasteiger partial charge in [-0.25, -0.2) is 4.39 Å². The SMILES string of the molecule is COc1ccc(C(N)c2cc(C)c(F)cc2Cl)cc1. The molecule has 0 saturated heterocycles. The van der Waals surface area contributed by atoms with Crippen LogP contribution in [0.15, 0.2) is 36.4 Å². The lowest BCUT2D eigenvalue weighted by molar-refractivity contribution is 0.414. The third kappa shape index (κ3) is 2.88. The van der Waals surface area contributed by atoms with Gasteiger partial charge in [-0.1, -0.05) is 23.7 Å². The standard InChI is InChI=1S/C15H15ClFNO/c1-9-7-12(13(16)8-14(9)17)15(18)10-3-5-11(19-2)6-4-10/h3-8,15H,18H2,1-2H3. The number of methoxy groups -OCH3 is 1. The van der Waals surface area contributed by atoms with E-state index < -0.39 is 6.04 Å². The van der Waals surface area contributed by atoms with Crippen LogP contribution in [0.25, 0.3) is 0 Å². The summed E-state index contributed by atoms with van der Waals surface area (Å²) in [7, 11) is 1.61. The molecule has 2 aromatic carbocycles. The van der Waals surface area contributed by atoms with E-state index in [4.69, 9.17) is 22.1 Å². The largest absolute Gasteiger partial charge is 0.497 e. The Bertz CT molecular complexity index is 583. The maximum atomic E-state index is 13.4. The van der Waals surface area contributed by atoms with E-state index in [1.54, 1.807) is 20.1 Å². The molecule has 0 amide bonds. The summed E-state index contributed by atoms with van der Waals surface area (Å²) in [6.07, 6.45) is 0. The molecular weight excluding hydrogens is 265 g/mol. The van der Waals surface area contributed by atoms with Gasteiger partial charge in [0.1, 0.15) is 11.6 Å². The van der Waals surface area contributed by atoms with Gasteiger partial charge in [-0.2, -0.15) is 0 Å². The summed E-state index contributed by atoms with van der Waals surface area (Å²) in [4.78, 5) is 0. The molecule has 2 rings (SSSR count). The summed E-state index contributed by atoms with van der Waals surface area (Å²) in [6.45, 7) is 1.69. The van der Waals surface area contributed by atoms with Crippen molar-refractivity contribution in [3.05, 3.63) is 63.9 Å². The second-order valence-corrected chi connectivity index (χ2v) is 4.78.